The number of aryl methyl sites for hydroxylation is 1. The molecule has 204 valence electrons. The van der Waals surface area contributed by atoms with Gasteiger partial charge in [0, 0.05) is 42.5 Å². The molecule has 0 spiro atoms. The van der Waals surface area contributed by atoms with Crippen LogP contribution in [0.15, 0.2) is 42.5 Å². The van der Waals surface area contributed by atoms with Crippen LogP contribution in [0, 0.1) is 6.92 Å². The maximum absolute atomic E-state index is 12.9. The molecular formula is C27H32F3N5O3. The van der Waals surface area contributed by atoms with Gasteiger partial charge in [0.25, 0.3) is 11.8 Å². The maximum atomic E-state index is 12.9. The molecule has 8 nitrogen and oxygen atoms in total. The van der Waals surface area contributed by atoms with E-state index in [9.17, 15) is 27.6 Å². The third kappa shape index (κ3) is 7.31. The summed E-state index contributed by atoms with van der Waals surface area (Å²) in [6, 6.07) is 9.90. The van der Waals surface area contributed by atoms with E-state index >= 15 is 0 Å². The van der Waals surface area contributed by atoms with Crippen LogP contribution in [-0.4, -0.2) is 65.4 Å². The van der Waals surface area contributed by atoms with E-state index in [1.165, 1.54) is 6.07 Å². The van der Waals surface area contributed by atoms with Gasteiger partial charge in [-0.05, 0) is 69.4 Å². The Balaban J connectivity index is 1.17. The number of pyridine rings is 1. The molecule has 1 aliphatic heterocycles. The SMILES string of the molecule is Cc1cccc(C(=O)NC2CCC(N3CC[C@@H](NC(=O)CNC(=O)c4cccc(C(F)(F)F)c4)C3)CC2)n1. The molecule has 0 radical (unpaired) electrons. The first-order chi connectivity index (χ1) is 18.1. The van der Waals surface area contributed by atoms with Crippen molar-refractivity contribution in [3.8, 4) is 0 Å². The van der Waals surface area contributed by atoms with Gasteiger partial charge in [0.05, 0.1) is 12.1 Å². The lowest BCUT2D eigenvalue weighted by Crippen LogP contribution is -2.46. The molecule has 1 aliphatic carbocycles. The first kappa shape index (κ1) is 27.6. The van der Waals surface area contributed by atoms with Crippen LogP contribution in [0.3, 0.4) is 0 Å². The molecule has 2 fully saturated rings. The van der Waals surface area contributed by atoms with E-state index in [1.807, 2.05) is 19.1 Å². The van der Waals surface area contributed by atoms with Crippen molar-refractivity contribution in [1.29, 1.82) is 0 Å². The molecule has 1 saturated carbocycles. The Kier molecular flexibility index (Phi) is 8.65. The number of amides is 3. The van der Waals surface area contributed by atoms with Crippen molar-refractivity contribution in [2.75, 3.05) is 19.6 Å². The predicted octanol–water partition coefficient (Wildman–Crippen LogP) is 3.07. The summed E-state index contributed by atoms with van der Waals surface area (Å²) in [5.41, 5.74) is 0.161. The maximum Gasteiger partial charge on any atom is 0.416 e. The van der Waals surface area contributed by atoms with Crippen molar-refractivity contribution in [3.05, 3.63) is 65.0 Å². The number of likely N-dealkylation sites (tertiary alicyclic amines) is 1. The van der Waals surface area contributed by atoms with E-state index in [0.29, 0.717) is 18.3 Å². The van der Waals surface area contributed by atoms with Crippen LogP contribution in [0.25, 0.3) is 0 Å². The molecule has 1 saturated heterocycles. The molecule has 1 atom stereocenters. The van der Waals surface area contributed by atoms with Crippen molar-refractivity contribution in [3.63, 3.8) is 0 Å². The highest BCUT2D eigenvalue weighted by molar-refractivity contribution is 5.96. The Bertz CT molecular complexity index is 1160. The van der Waals surface area contributed by atoms with Gasteiger partial charge in [-0.3, -0.25) is 19.3 Å². The van der Waals surface area contributed by atoms with Gasteiger partial charge >= 0.3 is 6.18 Å². The van der Waals surface area contributed by atoms with Crippen LogP contribution in [-0.2, 0) is 11.0 Å². The summed E-state index contributed by atoms with van der Waals surface area (Å²) in [6.45, 7) is 3.08. The van der Waals surface area contributed by atoms with E-state index < -0.39 is 17.6 Å². The molecule has 2 heterocycles. The summed E-state index contributed by atoms with van der Waals surface area (Å²) < 4.78 is 38.6. The highest BCUT2D eigenvalue weighted by Gasteiger charge is 2.33. The minimum Gasteiger partial charge on any atom is -0.350 e. The Hall–Kier alpha value is -3.47. The monoisotopic (exact) mass is 531 g/mol. The molecule has 3 amide bonds. The van der Waals surface area contributed by atoms with E-state index in [4.69, 9.17) is 0 Å². The number of hydrogen-bond donors (Lipinski definition) is 3. The van der Waals surface area contributed by atoms with Gasteiger partial charge < -0.3 is 16.0 Å². The second-order valence-electron chi connectivity index (χ2n) is 9.95. The van der Waals surface area contributed by atoms with Crippen LogP contribution in [0.2, 0.25) is 0 Å². The van der Waals surface area contributed by atoms with E-state index in [1.54, 1.807) is 6.07 Å². The Labute approximate surface area is 219 Å². The van der Waals surface area contributed by atoms with Crippen LogP contribution in [0.4, 0.5) is 13.2 Å². The number of alkyl halides is 3. The zero-order chi connectivity index (χ0) is 27.3. The molecule has 0 bridgehead atoms. The van der Waals surface area contributed by atoms with Gasteiger partial charge in [0.2, 0.25) is 5.91 Å². The van der Waals surface area contributed by atoms with Crippen LogP contribution in [0.1, 0.15) is 64.2 Å². The molecule has 4 rings (SSSR count). The molecular weight excluding hydrogens is 499 g/mol. The Morgan fingerprint density at radius 1 is 0.947 bits per heavy atom. The fourth-order valence-corrected chi connectivity index (χ4v) is 5.13. The first-order valence-corrected chi connectivity index (χ1v) is 12.8. The van der Waals surface area contributed by atoms with Gasteiger partial charge in [-0.1, -0.05) is 12.1 Å². The molecule has 1 aromatic heterocycles. The zero-order valence-corrected chi connectivity index (χ0v) is 21.2. The second kappa shape index (κ2) is 11.9. The summed E-state index contributed by atoms with van der Waals surface area (Å²) in [5.74, 6) is -1.27. The van der Waals surface area contributed by atoms with Crippen molar-refractivity contribution in [2.45, 2.75) is 63.3 Å². The molecule has 38 heavy (non-hydrogen) atoms. The van der Waals surface area contributed by atoms with E-state index in [0.717, 1.165) is 62.5 Å². The lowest BCUT2D eigenvalue weighted by atomic mass is 9.90. The average Bonchev–Trinajstić information content (AvgIpc) is 3.35. The lowest BCUT2D eigenvalue weighted by Gasteiger charge is -2.35. The van der Waals surface area contributed by atoms with Gasteiger partial charge in [-0.25, -0.2) is 4.98 Å². The quantitative estimate of drug-likeness (QED) is 0.510. The Morgan fingerprint density at radius 3 is 2.39 bits per heavy atom. The van der Waals surface area contributed by atoms with Gasteiger partial charge in [-0.15, -0.1) is 0 Å². The van der Waals surface area contributed by atoms with Crippen molar-refractivity contribution in [2.24, 2.45) is 0 Å². The summed E-state index contributed by atoms with van der Waals surface area (Å²) in [6.07, 6.45) is -0.133. The summed E-state index contributed by atoms with van der Waals surface area (Å²) in [7, 11) is 0. The minimum atomic E-state index is -4.55. The Morgan fingerprint density at radius 2 is 1.68 bits per heavy atom. The van der Waals surface area contributed by atoms with Gasteiger partial charge in [-0.2, -0.15) is 13.2 Å². The van der Waals surface area contributed by atoms with Crippen molar-refractivity contribution < 1.29 is 27.6 Å². The normalized spacial score (nSPS) is 22.1. The number of nitrogens with one attached hydrogen (secondary N) is 3. The van der Waals surface area contributed by atoms with E-state index in [2.05, 4.69) is 25.8 Å². The number of nitrogens with zero attached hydrogens (tertiary/aromatic N) is 2. The molecule has 0 unspecified atom stereocenters. The third-order valence-corrected chi connectivity index (χ3v) is 7.12. The molecule has 2 aliphatic rings. The molecule has 1 aromatic carbocycles. The van der Waals surface area contributed by atoms with Crippen molar-refractivity contribution in [1.82, 2.24) is 25.8 Å². The fourth-order valence-electron chi connectivity index (χ4n) is 5.13. The highest BCUT2D eigenvalue weighted by Crippen LogP contribution is 2.29. The predicted molar refractivity (Wildman–Crippen MR) is 134 cm³/mol. The summed E-state index contributed by atoms with van der Waals surface area (Å²) in [4.78, 5) is 43.7. The summed E-state index contributed by atoms with van der Waals surface area (Å²) in [5, 5.41) is 8.39. The standard InChI is InChI=1S/C27H32F3N5O3/c1-17-4-2-7-23(32-17)26(38)34-20-8-10-22(11-9-20)35-13-12-21(16-35)33-24(36)15-31-25(37)18-5-3-6-19(14-18)27(28,29)30/h2-7,14,20-22H,8-13,15-16H2,1H3,(H,31,37)(H,33,36)(H,34,38)/t20?,21-,22?/m1/s1. The van der Waals surface area contributed by atoms with Crippen LogP contribution >= 0.6 is 0 Å². The third-order valence-electron chi connectivity index (χ3n) is 7.12. The second-order valence-corrected chi connectivity index (χ2v) is 9.95. The number of carbonyl (C=O) groups is 3. The molecule has 2 aromatic rings. The number of aromatic nitrogens is 1. The molecule has 11 heteroatoms. The van der Waals surface area contributed by atoms with Gasteiger partial charge in [0.1, 0.15) is 5.69 Å². The fraction of sp³-hybridized carbons (Fsp3) is 0.481. The minimum absolute atomic E-state index is 0.0576. The molecule has 3 N–H and O–H groups in total. The largest absolute Gasteiger partial charge is 0.416 e. The van der Waals surface area contributed by atoms with Crippen LogP contribution < -0.4 is 16.0 Å². The number of benzene rings is 1. The smallest absolute Gasteiger partial charge is 0.350 e. The highest BCUT2D eigenvalue weighted by atomic mass is 19.4. The number of rotatable bonds is 7. The number of halogens is 3. The van der Waals surface area contributed by atoms with Gasteiger partial charge in [0.15, 0.2) is 0 Å². The van der Waals surface area contributed by atoms with Crippen LogP contribution in [0.5, 0.6) is 0 Å². The zero-order valence-electron chi connectivity index (χ0n) is 21.2. The number of carbonyl (C=O) groups excluding carboxylic acids is 3. The first-order valence-electron chi connectivity index (χ1n) is 12.8. The average molecular weight is 532 g/mol. The van der Waals surface area contributed by atoms with Crippen molar-refractivity contribution >= 4 is 17.7 Å². The summed E-state index contributed by atoms with van der Waals surface area (Å²) >= 11 is 0. The topological polar surface area (TPSA) is 103 Å². The lowest BCUT2D eigenvalue weighted by molar-refractivity contribution is -0.137. The van der Waals surface area contributed by atoms with E-state index in [-0.39, 0.29) is 36.0 Å². The number of hydrogen-bond acceptors (Lipinski definition) is 5.